The second kappa shape index (κ2) is 8.66. The summed E-state index contributed by atoms with van der Waals surface area (Å²) >= 11 is 0. The van der Waals surface area contributed by atoms with Crippen molar-refractivity contribution in [2.75, 3.05) is 13.1 Å². The van der Waals surface area contributed by atoms with Gasteiger partial charge in [0.05, 0.1) is 10.4 Å². The van der Waals surface area contributed by atoms with Gasteiger partial charge in [0.2, 0.25) is 21.8 Å². The van der Waals surface area contributed by atoms with E-state index in [1.165, 1.54) is 22.5 Å². The Morgan fingerprint density at radius 1 is 1.21 bits per heavy atom. The van der Waals surface area contributed by atoms with Gasteiger partial charge in [0.1, 0.15) is 0 Å². The van der Waals surface area contributed by atoms with Crippen molar-refractivity contribution >= 4 is 22.0 Å². The molecule has 28 heavy (non-hydrogen) atoms. The molecule has 0 aliphatic rings. The van der Waals surface area contributed by atoms with Crippen LogP contribution in [0.25, 0.3) is 6.08 Å². The van der Waals surface area contributed by atoms with Gasteiger partial charge in [-0.25, -0.2) is 8.42 Å². The molecule has 0 saturated carbocycles. The summed E-state index contributed by atoms with van der Waals surface area (Å²) in [4.78, 5) is 16.6. The quantitative estimate of drug-likeness (QED) is 0.675. The van der Waals surface area contributed by atoms with Crippen LogP contribution in [0.3, 0.4) is 0 Å². The maximum atomic E-state index is 12.5. The van der Waals surface area contributed by atoms with Gasteiger partial charge >= 0.3 is 0 Å². The maximum Gasteiger partial charge on any atom is 0.244 e. The highest BCUT2D eigenvalue weighted by Gasteiger charge is 2.27. The number of aromatic nitrogens is 2. The average molecular weight is 407 g/mol. The number of aryl methyl sites for hydroxylation is 1. The zero-order valence-corrected chi connectivity index (χ0v) is 17.6. The smallest absolute Gasteiger partial charge is 0.244 e. The number of hydrogen-bond donors (Lipinski definition) is 1. The third-order valence-electron chi connectivity index (χ3n) is 4.17. The van der Waals surface area contributed by atoms with E-state index in [2.05, 4.69) is 15.5 Å². The lowest BCUT2D eigenvalue weighted by molar-refractivity contribution is -0.118. The fraction of sp³-hybridized carbons (Fsp3) is 0.421. The van der Waals surface area contributed by atoms with E-state index in [-0.39, 0.29) is 10.8 Å². The van der Waals surface area contributed by atoms with Crippen molar-refractivity contribution in [3.8, 4) is 0 Å². The van der Waals surface area contributed by atoms with Crippen LogP contribution in [0.2, 0.25) is 0 Å². The molecule has 1 aromatic heterocycles. The number of hydrogen-bond acceptors (Lipinski definition) is 6. The summed E-state index contributed by atoms with van der Waals surface area (Å²) in [5.41, 5.74) is -0.0807. The van der Waals surface area contributed by atoms with Crippen LogP contribution in [0.15, 0.2) is 39.8 Å². The zero-order chi connectivity index (χ0) is 20.9. The molecule has 1 heterocycles. The molecule has 0 bridgehead atoms. The fourth-order valence-electron chi connectivity index (χ4n) is 2.59. The highest BCUT2D eigenvalue weighted by molar-refractivity contribution is 7.89. The second-order valence-corrected chi connectivity index (χ2v) is 8.68. The Morgan fingerprint density at radius 2 is 1.82 bits per heavy atom. The van der Waals surface area contributed by atoms with E-state index in [1.54, 1.807) is 52.8 Å². The molecule has 2 aromatic rings. The van der Waals surface area contributed by atoms with Gasteiger partial charge in [-0.3, -0.25) is 4.79 Å². The van der Waals surface area contributed by atoms with Gasteiger partial charge in [0.15, 0.2) is 5.82 Å². The van der Waals surface area contributed by atoms with Crippen LogP contribution in [0.4, 0.5) is 0 Å². The van der Waals surface area contributed by atoms with Crippen molar-refractivity contribution in [1.82, 2.24) is 19.8 Å². The van der Waals surface area contributed by atoms with Crippen molar-refractivity contribution in [2.24, 2.45) is 0 Å². The lowest BCUT2D eigenvalue weighted by Gasteiger charge is -2.21. The molecule has 8 nitrogen and oxygen atoms in total. The van der Waals surface area contributed by atoms with E-state index in [4.69, 9.17) is 4.52 Å². The molecule has 0 spiro atoms. The van der Waals surface area contributed by atoms with Gasteiger partial charge in [0.25, 0.3) is 0 Å². The maximum absolute atomic E-state index is 12.5. The van der Waals surface area contributed by atoms with Gasteiger partial charge in [-0.05, 0) is 37.6 Å². The third-order valence-corrected chi connectivity index (χ3v) is 6.24. The van der Waals surface area contributed by atoms with Crippen LogP contribution in [0, 0.1) is 6.92 Å². The number of rotatable bonds is 8. The van der Waals surface area contributed by atoms with Crippen LogP contribution in [-0.4, -0.2) is 41.9 Å². The highest BCUT2D eigenvalue weighted by Crippen LogP contribution is 2.18. The molecular weight excluding hydrogens is 380 g/mol. The number of sulfonamides is 1. The first kappa shape index (κ1) is 21.8. The number of benzene rings is 1. The predicted octanol–water partition coefficient (Wildman–Crippen LogP) is 2.47. The second-order valence-electron chi connectivity index (χ2n) is 6.74. The molecule has 1 N–H and O–H groups in total. The van der Waals surface area contributed by atoms with E-state index in [1.807, 2.05) is 0 Å². The minimum absolute atomic E-state index is 0.228. The van der Waals surface area contributed by atoms with Crippen molar-refractivity contribution < 1.29 is 17.7 Å². The SMILES string of the molecule is CCN(CC)S(=O)(=O)c1ccc(/C=C/C(=O)NC(C)(C)c2noc(C)n2)cc1. The van der Waals surface area contributed by atoms with Crippen LogP contribution < -0.4 is 5.32 Å². The summed E-state index contributed by atoms with van der Waals surface area (Å²) in [5.74, 6) is 0.484. The number of nitrogens with zero attached hydrogens (tertiary/aromatic N) is 3. The molecule has 0 fully saturated rings. The number of carbonyl (C=O) groups is 1. The summed E-state index contributed by atoms with van der Waals surface area (Å²) in [6, 6.07) is 6.40. The van der Waals surface area contributed by atoms with Gasteiger partial charge in [-0.1, -0.05) is 31.1 Å². The van der Waals surface area contributed by atoms with E-state index < -0.39 is 15.6 Å². The normalized spacial score (nSPS) is 12.6. The monoisotopic (exact) mass is 406 g/mol. The molecule has 9 heteroatoms. The third kappa shape index (κ3) is 5.05. The number of nitrogens with one attached hydrogen (secondary N) is 1. The first-order valence-corrected chi connectivity index (χ1v) is 10.5. The van der Waals surface area contributed by atoms with Gasteiger partial charge < -0.3 is 9.84 Å². The summed E-state index contributed by atoms with van der Waals surface area (Å²) in [7, 11) is -3.49. The molecule has 0 radical (unpaired) electrons. The summed E-state index contributed by atoms with van der Waals surface area (Å²) in [6.07, 6.45) is 2.99. The average Bonchev–Trinajstić information content (AvgIpc) is 3.08. The molecule has 0 atom stereocenters. The van der Waals surface area contributed by atoms with Crippen molar-refractivity contribution in [1.29, 1.82) is 0 Å². The van der Waals surface area contributed by atoms with Crippen molar-refractivity contribution in [3.63, 3.8) is 0 Å². The Balaban J connectivity index is 2.07. The molecule has 152 valence electrons. The van der Waals surface area contributed by atoms with Crippen LogP contribution in [-0.2, 0) is 20.4 Å². The molecule has 2 rings (SSSR count). The molecule has 0 aliphatic heterocycles. The fourth-order valence-corrected chi connectivity index (χ4v) is 4.05. The Bertz CT molecular complexity index is 943. The van der Waals surface area contributed by atoms with E-state index in [9.17, 15) is 13.2 Å². The summed E-state index contributed by atoms with van der Waals surface area (Å²) in [6.45, 7) is 9.65. The minimum atomic E-state index is -3.49. The standard InChI is InChI=1S/C19H26N4O4S/c1-6-23(7-2)28(25,26)16-11-8-15(9-12-16)10-13-17(24)21-19(4,5)18-20-14(3)27-22-18/h8-13H,6-7H2,1-5H3,(H,21,24)/b13-10+. The van der Waals surface area contributed by atoms with Crippen molar-refractivity contribution in [3.05, 3.63) is 47.6 Å². The Morgan fingerprint density at radius 3 is 2.32 bits per heavy atom. The Labute approximate surface area is 165 Å². The molecule has 0 aliphatic carbocycles. The van der Waals surface area contributed by atoms with E-state index in [0.29, 0.717) is 30.4 Å². The van der Waals surface area contributed by atoms with Crippen molar-refractivity contribution in [2.45, 2.75) is 45.1 Å². The Hall–Kier alpha value is -2.52. The van der Waals surface area contributed by atoms with Crippen LogP contribution in [0.5, 0.6) is 0 Å². The van der Waals surface area contributed by atoms with Crippen LogP contribution >= 0.6 is 0 Å². The van der Waals surface area contributed by atoms with E-state index >= 15 is 0 Å². The molecule has 0 saturated heterocycles. The lowest BCUT2D eigenvalue weighted by atomic mass is 10.0. The van der Waals surface area contributed by atoms with E-state index in [0.717, 1.165) is 0 Å². The lowest BCUT2D eigenvalue weighted by Crippen LogP contribution is -2.41. The molecule has 0 unspecified atom stereocenters. The first-order valence-electron chi connectivity index (χ1n) is 9.01. The van der Waals surface area contributed by atoms with Gasteiger partial charge in [-0.2, -0.15) is 9.29 Å². The summed E-state index contributed by atoms with van der Waals surface area (Å²) in [5, 5.41) is 6.64. The summed E-state index contributed by atoms with van der Waals surface area (Å²) < 4.78 is 31.3. The topological polar surface area (TPSA) is 105 Å². The number of amides is 1. The van der Waals surface area contributed by atoms with Gasteiger partial charge in [-0.15, -0.1) is 0 Å². The number of carbonyl (C=O) groups excluding carboxylic acids is 1. The highest BCUT2D eigenvalue weighted by atomic mass is 32.2. The van der Waals surface area contributed by atoms with Crippen LogP contribution in [0.1, 0.15) is 45.0 Å². The first-order chi connectivity index (χ1) is 13.1. The molecule has 1 amide bonds. The molecule has 1 aromatic carbocycles. The minimum Gasteiger partial charge on any atom is -0.340 e. The Kier molecular flexibility index (Phi) is 6.73. The predicted molar refractivity (Wildman–Crippen MR) is 106 cm³/mol. The van der Waals surface area contributed by atoms with Gasteiger partial charge in [0, 0.05) is 26.1 Å². The molecular formula is C19H26N4O4S. The largest absolute Gasteiger partial charge is 0.340 e. The zero-order valence-electron chi connectivity index (χ0n) is 16.8.